The number of anilines is 1. The van der Waals surface area contributed by atoms with Crippen molar-refractivity contribution in [3.63, 3.8) is 0 Å². The average Bonchev–Trinajstić information content (AvgIpc) is 3.11. The number of rotatable bonds is 7. The summed E-state index contributed by atoms with van der Waals surface area (Å²) in [4.78, 5) is 12.7. The largest absolute Gasteiger partial charge is 0.316 e. The van der Waals surface area contributed by atoms with Gasteiger partial charge in [0, 0.05) is 27.4 Å². The molecular weight excluding hydrogens is 519 g/mol. The molecule has 4 aromatic rings. The quantitative estimate of drug-likeness (QED) is 0.248. The van der Waals surface area contributed by atoms with Crippen LogP contribution >= 0.6 is 23.2 Å². The van der Waals surface area contributed by atoms with Gasteiger partial charge >= 0.3 is 0 Å². The molecule has 0 fully saturated rings. The van der Waals surface area contributed by atoms with Crippen LogP contribution in [0.2, 0.25) is 10.0 Å². The number of halogens is 2. The number of hydrogen-bond donors (Lipinski definition) is 1. The Morgan fingerprint density at radius 3 is 2.53 bits per heavy atom. The lowest BCUT2D eigenvalue weighted by Crippen LogP contribution is -2.39. The van der Waals surface area contributed by atoms with Crippen molar-refractivity contribution in [1.29, 1.82) is 0 Å². The highest BCUT2D eigenvalue weighted by molar-refractivity contribution is 7.92. The molecule has 0 bridgehead atoms. The predicted molar refractivity (Wildman–Crippen MR) is 147 cm³/mol. The molecule has 1 heterocycles. The highest BCUT2D eigenvalue weighted by Gasteiger charge is 2.22. The summed E-state index contributed by atoms with van der Waals surface area (Å²) in [6.07, 6.45) is 2.58. The average molecular weight is 543 g/mol. The first-order valence-electron chi connectivity index (χ1n) is 11.0. The Morgan fingerprint density at radius 2 is 1.78 bits per heavy atom. The van der Waals surface area contributed by atoms with Crippen LogP contribution < -0.4 is 9.73 Å². The van der Waals surface area contributed by atoms with Crippen molar-refractivity contribution in [1.82, 2.24) is 9.99 Å². The van der Waals surface area contributed by atoms with E-state index in [0.717, 1.165) is 44.0 Å². The van der Waals surface area contributed by atoms with Gasteiger partial charge in [0.2, 0.25) is 10.0 Å². The van der Waals surface area contributed by atoms with Gasteiger partial charge in [-0.25, -0.2) is 13.8 Å². The Balaban J connectivity index is 1.55. The maximum Gasteiger partial charge on any atom is 0.260 e. The molecule has 0 atom stereocenters. The molecule has 0 aliphatic carbocycles. The van der Waals surface area contributed by atoms with Crippen LogP contribution in [-0.2, 0) is 14.8 Å². The Bertz CT molecular complexity index is 1590. The summed E-state index contributed by atoms with van der Waals surface area (Å²) >= 11 is 12.5. The SMILES string of the molecule is Cc1cc(/C=N/NC(=O)CN(c2cccc3ccccc23)S(C)(=O)=O)c(C)n1-c1cc(Cl)ccc1Cl. The van der Waals surface area contributed by atoms with Gasteiger partial charge in [0.15, 0.2) is 0 Å². The monoisotopic (exact) mass is 542 g/mol. The first-order valence-corrected chi connectivity index (χ1v) is 13.6. The van der Waals surface area contributed by atoms with Crippen molar-refractivity contribution in [2.45, 2.75) is 13.8 Å². The van der Waals surface area contributed by atoms with Gasteiger partial charge in [-0.1, -0.05) is 59.6 Å². The van der Waals surface area contributed by atoms with E-state index in [4.69, 9.17) is 23.2 Å². The second-order valence-corrected chi connectivity index (χ2v) is 11.1. The zero-order chi connectivity index (χ0) is 26.0. The topological polar surface area (TPSA) is 83.8 Å². The second-order valence-electron chi connectivity index (χ2n) is 8.32. The molecule has 7 nitrogen and oxygen atoms in total. The molecule has 1 N–H and O–H groups in total. The van der Waals surface area contributed by atoms with Crippen LogP contribution in [0.1, 0.15) is 17.0 Å². The first-order chi connectivity index (χ1) is 17.1. The molecule has 1 aromatic heterocycles. The molecule has 0 spiro atoms. The van der Waals surface area contributed by atoms with Crippen LogP contribution in [0.3, 0.4) is 0 Å². The number of fused-ring (bicyclic) bond motifs is 1. The molecule has 0 saturated heterocycles. The molecule has 3 aromatic carbocycles. The standard InChI is InChI=1S/C26H24Cl2N4O3S/c1-17-13-20(18(2)32(17)25-14-21(27)11-12-23(25)28)15-29-30-26(33)16-31(36(3,34)35)24-10-6-8-19-7-4-5-9-22(19)24/h4-15H,16H2,1-3H3,(H,30,33)/b29-15+. The van der Waals surface area contributed by atoms with Gasteiger partial charge in [-0.3, -0.25) is 9.10 Å². The molecule has 0 saturated carbocycles. The summed E-state index contributed by atoms with van der Waals surface area (Å²) in [5.41, 5.74) is 6.12. The highest BCUT2D eigenvalue weighted by Crippen LogP contribution is 2.29. The van der Waals surface area contributed by atoms with Crippen molar-refractivity contribution < 1.29 is 13.2 Å². The van der Waals surface area contributed by atoms with E-state index < -0.39 is 22.5 Å². The van der Waals surface area contributed by atoms with Crippen molar-refractivity contribution in [2.75, 3.05) is 17.1 Å². The third-order valence-corrected chi connectivity index (χ3v) is 7.42. The Morgan fingerprint density at radius 1 is 1.06 bits per heavy atom. The zero-order valence-corrected chi connectivity index (χ0v) is 22.2. The molecule has 10 heteroatoms. The zero-order valence-electron chi connectivity index (χ0n) is 19.9. The number of carbonyl (C=O) groups is 1. The molecule has 0 aliphatic heterocycles. The van der Waals surface area contributed by atoms with Gasteiger partial charge in [0.1, 0.15) is 6.54 Å². The van der Waals surface area contributed by atoms with Crippen LogP contribution in [0.5, 0.6) is 0 Å². The minimum absolute atomic E-state index is 0.415. The summed E-state index contributed by atoms with van der Waals surface area (Å²) in [7, 11) is -3.73. The van der Waals surface area contributed by atoms with E-state index in [2.05, 4.69) is 10.5 Å². The van der Waals surface area contributed by atoms with Gasteiger partial charge in [-0.2, -0.15) is 5.10 Å². The van der Waals surface area contributed by atoms with Gasteiger partial charge in [0.25, 0.3) is 5.91 Å². The van der Waals surface area contributed by atoms with Gasteiger partial charge in [-0.05, 0) is 49.6 Å². The molecule has 0 unspecified atom stereocenters. The molecule has 36 heavy (non-hydrogen) atoms. The minimum atomic E-state index is -3.73. The number of nitrogens with zero attached hydrogens (tertiary/aromatic N) is 3. The molecule has 1 amide bonds. The van der Waals surface area contributed by atoms with E-state index in [-0.39, 0.29) is 0 Å². The van der Waals surface area contributed by atoms with E-state index in [0.29, 0.717) is 15.7 Å². The summed E-state index contributed by atoms with van der Waals surface area (Å²) in [6.45, 7) is 3.41. The minimum Gasteiger partial charge on any atom is -0.316 e. The number of aromatic nitrogens is 1. The van der Waals surface area contributed by atoms with Crippen LogP contribution in [0.25, 0.3) is 16.5 Å². The van der Waals surface area contributed by atoms with Crippen molar-refractivity contribution in [3.8, 4) is 5.69 Å². The van der Waals surface area contributed by atoms with Crippen LogP contribution in [0, 0.1) is 13.8 Å². The fraction of sp³-hybridized carbons (Fsp3) is 0.154. The molecule has 4 rings (SSSR count). The number of nitrogens with one attached hydrogen (secondary N) is 1. The molecule has 0 aliphatic rings. The van der Waals surface area contributed by atoms with Crippen molar-refractivity contribution in [2.24, 2.45) is 5.10 Å². The number of aryl methyl sites for hydroxylation is 1. The normalized spacial score (nSPS) is 11.8. The van der Waals surface area contributed by atoms with E-state index in [1.54, 1.807) is 30.3 Å². The number of hydrogen-bond acceptors (Lipinski definition) is 4. The Hall–Kier alpha value is -3.33. The number of amides is 1. The fourth-order valence-electron chi connectivity index (χ4n) is 4.09. The fourth-order valence-corrected chi connectivity index (χ4v) is 5.33. The highest BCUT2D eigenvalue weighted by atomic mass is 35.5. The Labute approximate surface area is 220 Å². The summed E-state index contributed by atoms with van der Waals surface area (Å²) in [5.74, 6) is -0.573. The third kappa shape index (κ3) is 5.41. The van der Waals surface area contributed by atoms with Crippen LogP contribution in [0.4, 0.5) is 5.69 Å². The molecule has 0 radical (unpaired) electrons. The molecule has 186 valence electrons. The number of hydrazone groups is 1. The predicted octanol–water partition coefficient (Wildman–Crippen LogP) is 5.47. The number of carbonyl (C=O) groups excluding carboxylic acids is 1. The summed E-state index contributed by atoms with van der Waals surface area (Å²) in [5, 5.41) is 6.78. The van der Waals surface area contributed by atoms with Crippen molar-refractivity contribution >= 4 is 61.8 Å². The Kier molecular flexibility index (Phi) is 7.40. The second kappa shape index (κ2) is 10.3. The first kappa shape index (κ1) is 25.8. The maximum atomic E-state index is 12.7. The van der Waals surface area contributed by atoms with E-state index in [1.165, 1.54) is 6.21 Å². The van der Waals surface area contributed by atoms with E-state index in [9.17, 15) is 13.2 Å². The van der Waals surface area contributed by atoms with Crippen molar-refractivity contribution in [3.05, 3.63) is 93.7 Å². The maximum absolute atomic E-state index is 12.7. The van der Waals surface area contributed by atoms with Gasteiger partial charge in [-0.15, -0.1) is 0 Å². The third-order valence-electron chi connectivity index (χ3n) is 5.74. The number of benzene rings is 3. The summed E-state index contributed by atoms with van der Waals surface area (Å²) in [6, 6.07) is 19.9. The van der Waals surface area contributed by atoms with Crippen LogP contribution in [-0.4, -0.2) is 37.9 Å². The van der Waals surface area contributed by atoms with E-state index in [1.807, 2.05) is 54.8 Å². The van der Waals surface area contributed by atoms with Crippen LogP contribution in [0.15, 0.2) is 71.8 Å². The van der Waals surface area contributed by atoms with Gasteiger partial charge in [0.05, 0.1) is 28.9 Å². The lowest BCUT2D eigenvalue weighted by atomic mass is 10.1. The lowest BCUT2D eigenvalue weighted by Gasteiger charge is -2.23. The smallest absolute Gasteiger partial charge is 0.260 e. The lowest BCUT2D eigenvalue weighted by molar-refractivity contribution is -0.119. The number of sulfonamides is 1. The molecular formula is C26H24Cl2N4O3S. The van der Waals surface area contributed by atoms with Gasteiger partial charge < -0.3 is 4.57 Å². The summed E-state index contributed by atoms with van der Waals surface area (Å²) < 4.78 is 28.1. The van der Waals surface area contributed by atoms with E-state index >= 15 is 0 Å².